The first-order chi connectivity index (χ1) is 13.0. The second-order valence-electron chi connectivity index (χ2n) is 6.17. The van der Waals surface area contributed by atoms with Crippen molar-refractivity contribution < 1.29 is 14.7 Å². The Balaban J connectivity index is 0.000000596. The van der Waals surface area contributed by atoms with E-state index < -0.39 is 13.2 Å². The zero-order chi connectivity index (χ0) is 19.7. The summed E-state index contributed by atoms with van der Waals surface area (Å²) < 4.78 is 0. The molecule has 3 aromatic rings. The molecule has 0 fully saturated rings. The molecule has 0 saturated carbocycles. The second-order valence-corrected chi connectivity index (χ2v) is 9.65. The van der Waals surface area contributed by atoms with Gasteiger partial charge in [0.05, 0.1) is 0 Å². The molecule has 3 aromatic carbocycles. The Morgan fingerprint density at radius 1 is 0.667 bits per heavy atom. The maximum Gasteiger partial charge on any atom is 0.168 e. The summed E-state index contributed by atoms with van der Waals surface area (Å²) in [5.74, 6) is -0.852. The number of Topliss-reactive ketones (excluding diaryl/α,β-unsaturated/α-hetero) is 1. The number of hydrogen-bond acceptors (Lipinski definition) is 3. The first-order valence-electron chi connectivity index (χ1n) is 8.69. The van der Waals surface area contributed by atoms with E-state index in [1.807, 2.05) is 18.2 Å². The highest BCUT2D eigenvalue weighted by molar-refractivity contribution is 7.96. The molecule has 0 aromatic heterocycles. The molecule has 0 aliphatic heterocycles. The fourth-order valence-electron chi connectivity index (χ4n) is 3.10. The minimum Gasteiger partial charge on any atom is -0.550 e. The SMILES string of the molecule is CC(=O)C[P+](c1ccccc1)(c1ccccc1)c1ccccc1.CC(=O)[O-]. The van der Waals surface area contributed by atoms with Crippen molar-refractivity contribution in [2.75, 3.05) is 6.16 Å². The lowest BCUT2D eigenvalue weighted by molar-refractivity contribution is -0.302. The van der Waals surface area contributed by atoms with Crippen LogP contribution in [0.4, 0.5) is 0 Å². The summed E-state index contributed by atoms with van der Waals surface area (Å²) in [7, 11) is -1.96. The summed E-state index contributed by atoms with van der Waals surface area (Å²) in [6.45, 7) is 2.67. The number of hydrogen-bond donors (Lipinski definition) is 0. The molecule has 0 unspecified atom stereocenters. The molecular weight excluding hydrogens is 355 g/mol. The van der Waals surface area contributed by atoms with Crippen molar-refractivity contribution in [1.82, 2.24) is 0 Å². The van der Waals surface area contributed by atoms with Gasteiger partial charge >= 0.3 is 0 Å². The Morgan fingerprint density at radius 3 is 1.15 bits per heavy atom. The van der Waals surface area contributed by atoms with E-state index >= 15 is 0 Å². The highest BCUT2D eigenvalue weighted by Crippen LogP contribution is 2.55. The third-order valence-electron chi connectivity index (χ3n) is 4.05. The minimum atomic E-state index is -1.96. The predicted molar refractivity (Wildman–Crippen MR) is 111 cm³/mol. The first-order valence-corrected chi connectivity index (χ1v) is 10.7. The second kappa shape index (κ2) is 9.80. The molecule has 0 amide bonds. The molecule has 3 rings (SSSR count). The number of carbonyl (C=O) groups is 2. The largest absolute Gasteiger partial charge is 0.550 e. The first kappa shape index (κ1) is 20.5. The van der Waals surface area contributed by atoms with E-state index in [1.54, 1.807) is 6.92 Å². The van der Waals surface area contributed by atoms with Crippen LogP contribution in [0.25, 0.3) is 0 Å². The summed E-state index contributed by atoms with van der Waals surface area (Å²) >= 11 is 0. The average Bonchev–Trinajstić information content (AvgIpc) is 2.67. The fourth-order valence-corrected chi connectivity index (χ4v) is 7.26. The van der Waals surface area contributed by atoms with Gasteiger partial charge in [0.1, 0.15) is 29.3 Å². The smallest absolute Gasteiger partial charge is 0.168 e. The molecule has 0 radical (unpaired) electrons. The van der Waals surface area contributed by atoms with E-state index in [0.29, 0.717) is 6.16 Å². The summed E-state index contributed by atoms with van der Waals surface area (Å²) in [6.07, 6.45) is 0.561. The molecule has 0 aliphatic rings. The van der Waals surface area contributed by atoms with E-state index in [1.165, 1.54) is 15.9 Å². The van der Waals surface area contributed by atoms with Gasteiger partial charge < -0.3 is 9.90 Å². The van der Waals surface area contributed by atoms with Crippen LogP contribution < -0.4 is 21.0 Å². The van der Waals surface area contributed by atoms with Crippen LogP contribution in [0.3, 0.4) is 0 Å². The van der Waals surface area contributed by atoms with E-state index in [2.05, 4.69) is 72.8 Å². The van der Waals surface area contributed by atoms with Crippen molar-refractivity contribution in [3.05, 3.63) is 91.0 Å². The molecule has 0 heterocycles. The number of carbonyl (C=O) groups excluding carboxylic acids is 2. The normalized spacial score (nSPS) is 10.4. The van der Waals surface area contributed by atoms with E-state index in [-0.39, 0.29) is 5.78 Å². The Kier molecular flexibility index (Phi) is 7.45. The Morgan fingerprint density at radius 2 is 0.926 bits per heavy atom. The molecule has 0 atom stereocenters. The third-order valence-corrected chi connectivity index (χ3v) is 8.51. The number of benzene rings is 3. The molecule has 3 nitrogen and oxygen atoms in total. The molecule has 0 bridgehead atoms. The van der Waals surface area contributed by atoms with Crippen molar-refractivity contribution >= 4 is 34.9 Å². The predicted octanol–water partition coefficient (Wildman–Crippen LogP) is 2.33. The molecular formula is C23H23O3P. The standard InChI is InChI=1S/C21H20OP.C2H4O2/c1-18(22)17-23(19-11-5-2-6-12-19,20-13-7-3-8-14-20)21-15-9-4-10-16-21;1-2(3)4/h2-16H,17H2,1H3;1H3,(H,3,4)/q+1;/p-1. The van der Waals surface area contributed by atoms with Crippen LogP contribution in [0, 0.1) is 0 Å². The van der Waals surface area contributed by atoms with Gasteiger partial charge in [0.25, 0.3) is 0 Å². The molecule has 0 N–H and O–H groups in total. The average molecular weight is 378 g/mol. The Labute approximate surface area is 161 Å². The number of carboxylic acids is 1. The molecule has 27 heavy (non-hydrogen) atoms. The number of aliphatic carboxylic acids is 1. The summed E-state index contributed by atoms with van der Waals surface area (Å²) in [5, 5.41) is 12.7. The zero-order valence-corrected chi connectivity index (χ0v) is 16.4. The van der Waals surface area contributed by atoms with Gasteiger partial charge in [-0.25, -0.2) is 0 Å². The van der Waals surface area contributed by atoms with Gasteiger partial charge in [0.2, 0.25) is 0 Å². The van der Waals surface area contributed by atoms with Crippen molar-refractivity contribution in [2.24, 2.45) is 0 Å². The van der Waals surface area contributed by atoms with Crippen LogP contribution in [0.5, 0.6) is 0 Å². The summed E-state index contributed by atoms with van der Waals surface area (Å²) in [4.78, 5) is 21.1. The van der Waals surface area contributed by atoms with Gasteiger partial charge in [-0.15, -0.1) is 0 Å². The lowest BCUT2D eigenvalue weighted by atomic mass is 10.4. The van der Waals surface area contributed by atoms with E-state index in [9.17, 15) is 4.79 Å². The molecule has 0 aliphatic carbocycles. The van der Waals surface area contributed by atoms with Gasteiger partial charge in [0.15, 0.2) is 5.78 Å². The van der Waals surface area contributed by atoms with Crippen LogP contribution in [-0.2, 0) is 9.59 Å². The molecule has 4 heteroatoms. The lowest BCUT2D eigenvalue weighted by Gasteiger charge is -2.26. The van der Waals surface area contributed by atoms with E-state index in [4.69, 9.17) is 9.90 Å². The molecule has 0 saturated heterocycles. The molecule has 0 spiro atoms. The summed E-state index contributed by atoms with van der Waals surface area (Å²) in [5.41, 5.74) is 0. The monoisotopic (exact) mass is 378 g/mol. The summed E-state index contributed by atoms with van der Waals surface area (Å²) in [6, 6.07) is 31.5. The van der Waals surface area contributed by atoms with Gasteiger partial charge in [-0.2, -0.15) is 0 Å². The van der Waals surface area contributed by atoms with Crippen molar-refractivity contribution in [3.8, 4) is 0 Å². The maximum atomic E-state index is 12.2. The van der Waals surface area contributed by atoms with Gasteiger partial charge in [-0.1, -0.05) is 54.6 Å². The van der Waals surface area contributed by atoms with Crippen LogP contribution in [0.2, 0.25) is 0 Å². The number of ketones is 1. The van der Waals surface area contributed by atoms with Crippen LogP contribution >= 0.6 is 7.26 Å². The highest BCUT2D eigenvalue weighted by Gasteiger charge is 2.46. The Hall–Kier alpha value is -2.77. The van der Waals surface area contributed by atoms with E-state index in [0.717, 1.165) is 6.92 Å². The topological polar surface area (TPSA) is 57.2 Å². The third kappa shape index (κ3) is 5.35. The lowest BCUT2D eigenvalue weighted by Crippen LogP contribution is -2.35. The van der Waals surface area contributed by atoms with Gasteiger partial charge in [-0.05, 0) is 50.2 Å². The Bertz CT molecular complexity index is 761. The van der Waals surface area contributed by atoms with Crippen LogP contribution in [0.1, 0.15) is 13.8 Å². The number of rotatable bonds is 5. The fraction of sp³-hybridized carbons (Fsp3) is 0.130. The maximum absolute atomic E-state index is 12.2. The zero-order valence-electron chi connectivity index (χ0n) is 15.5. The van der Waals surface area contributed by atoms with Crippen molar-refractivity contribution in [2.45, 2.75) is 13.8 Å². The van der Waals surface area contributed by atoms with Gasteiger partial charge in [0, 0.05) is 5.97 Å². The minimum absolute atomic E-state index is 0.231. The number of carboxylic acid groups (broad SMARTS) is 1. The van der Waals surface area contributed by atoms with Gasteiger partial charge in [-0.3, -0.25) is 4.79 Å². The van der Waals surface area contributed by atoms with Crippen LogP contribution in [0.15, 0.2) is 91.0 Å². The molecule has 138 valence electrons. The quantitative estimate of drug-likeness (QED) is 0.641. The van der Waals surface area contributed by atoms with Crippen LogP contribution in [-0.4, -0.2) is 17.9 Å². The van der Waals surface area contributed by atoms with Crippen molar-refractivity contribution in [3.63, 3.8) is 0 Å². The highest BCUT2D eigenvalue weighted by atomic mass is 31.2. The van der Waals surface area contributed by atoms with Crippen molar-refractivity contribution in [1.29, 1.82) is 0 Å².